The number of carbonyl (C=O) groups is 2. The van der Waals surface area contributed by atoms with Gasteiger partial charge in [0.1, 0.15) is 17.5 Å². The van der Waals surface area contributed by atoms with Gasteiger partial charge in [0.15, 0.2) is 5.58 Å². The highest BCUT2D eigenvalue weighted by Crippen LogP contribution is 2.31. The van der Waals surface area contributed by atoms with Gasteiger partial charge in [-0.25, -0.2) is 9.78 Å². The predicted molar refractivity (Wildman–Crippen MR) is 139 cm³/mol. The van der Waals surface area contributed by atoms with E-state index >= 15 is 0 Å². The standard InChI is InChI=1S/C27H24ClN5O4/c1-15(2)21-9-16(11-29)10-22-24(21)37-26(32-22)18-5-3-17(4-6-18)25(34)31-13-20-14-33(27(35)36-20)23-8-7-19(28)12-30-23/h3-10,15,19-20H,12-14H2,1-2H3,(H,31,34). The summed E-state index contributed by atoms with van der Waals surface area (Å²) < 4.78 is 11.4. The molecule has 2 aromatic carbocycles. The van der Waals surface area contributed by atoms with E-state index in [1.54, 1.807) is 42.5 Å². The largest absolute Gasteiger partial charge is 0.442 e. The number of dihydropyridines is 1. The number of hydrogen-bond acceptors (Lipinski definition) is 7. The molecule has 0 saturated carbocycles. The molecule has 2 atom stereocenters. The molecule has 5 rings (SSSR count). The molecule has 1 fully saturated rings. The van der Waals surface area contributed by atoms with Crippen molar-refractivity contribution in [1.82, 2.24) is 15.2 Å². The van der Waals surface area contributed by atoms with Crippen molar-refractivity contribution in [2.45, 2.75) is 31.2 Å². The Morgan fingerprint density at radius 1 is 1.30 bits per heavy atom. The summed E-state index contributed by atoms with van der Waals surface area (Å²) in [6.07, 6.45) is 2.49. The molecular weight excluding hydrogens is 494 g/mol. The molecule has 2 unspecified atom stereocenters. The molecule has 0 spiro atoms. The Labute approximate surface area is 218 Å². The number of amides is 2. The van der Waals surface area contributed by atoms with E-state index in [2.05, 4.69) is 21.4 Å². The smallest absolute Gasteiger partial charge is 0.416 e. The fraction of sp³-hybridized carbons (Fsp3) is 0.296. The molecule has 1 saturated heterocycles. The Balaban J connectivity index is 1.23. The van der Waals surface area contributed by atoms with Gasteiger partial charge in [0, 0.05) is 16.7 Å². The van der Waals surface area contributed by atoms with Gasteiger partial charge in [-0.2, -0.15) is 5.26 Å². The number of amidine groups is 1. The van der Waals surface area contributed by atoms with Crippen molar-refractivity contribution < 1.29 is 18.7 Å². The topological polar surface area (TPSA) is 121 Å². The maximum Gasteiger partial charge on any atom is 0.416 e. The summed E-state index contributed by atoms with van der Waals surface area (Å²) in [6, 6.07) is 12.6. The van der Waals surface area contributed by atoms with Crippen LogP contribution in [0, 0.1) is 11.3 Å². The van der Waals surface area contributed by atoms with E-state index in [4.69, 9.17) is 20.8 Å². The van der Waals surface area contributed by atoms with Crippen LogP contribution in [0.25, 0.3) is 22.6 Å². The van der Waals surface area contributed by atoms with Gasteiger partial charge in [-0.3, -0.25) is 14.7 Å². The molecule has 1 N–H and O–H groups in total. The molecule has 2 aliphatic rings. The highest BCUT2D eigenvalue weighted by molar-refractivity contribution is 6.22. The number of nitrogens with one attached hydrogen (secondary N) is 1. The maximum absolute atomic E-state index is 12.7. The molecule has 10 heteroatoms. The number of ether oxygens (including phenoxy) is 1. The number of benzene rings is 2. The molecule has 188 valence electrons. The van der Waals surface area contributed by atoms with Gasteiger partial charge in [-0.1, -0.05) is 19.9 Å². The second-order valence-electron chi connectivity index (χ2n) is 9.18. The molecule has 0 aliphatic carbocycles. The Bertz CT molecular complexity index is 1470. The number of fused-ring (bicyclic) bond motifs is 1. The van der Waals surface area contributed by atoms with Crippen LogP contribution in [0.4, 0.5) is 4.79 Å². The van der Waals surface area contributed by atoms with Crippen molar-refractivity contribution in [2.24, 2.45) is 4.99 Å². The van der Waals surface area contributed by atoms with E-state index in [9.17, 15) is 14.9 Å². The van der Waals surface area contributed by atoms with Crippen molar-refractivity contribution in [3.63, 3.8) is 0 Å². The van der Waals surface area contributed by atoms with Gasteiger partial charge in [-0.15, -0.1) is 11.6 Å². The summed E-state index contributed by atoms with van der Waals surface area (Å²) in [5.74, 6) is 0.796. The van der Waals surface area contributed by atoms with Crippen LogP contribution in [0.3, 0.4) is 0 Å². The number of alkyl halides is 1. The summed E-state index contributed by atoms with van der Waals surface area (Å²) in [6.45, 7) is 4.93. The van der Waals surface area contributed by atoms with Crippen LogP contribution in [0.5, 0.6) is 0 Å². The summed E-state index contributed by atoms with van der Waals surface area (Å²) in [5, 5.41) is 12.0. The van der Waals surface area contributed by atoms with Gasteiger partial charge >= 0.3 is 6.09 Å². The number of aliphatic imine (C=N–C) groups is 1. The van der Waals surface area contributed by atoms with Crippen LogP contribution in [0.2, 0.25) is 0 Å². The number of nitriles is 1. The number of nitrogens with zero attached hydrogens (tertiary/aromatic N) is 4. The average Bonchev–Trinajstić information content (AvgIpc) is 3.50. The molecule has 9 nitrogen and oxygen atoms in total. The average molecular weight is 518 g/mol. The zero-order valence-electron chi connectivity index (χ0n) is 20.3. The lowest BCUT2D eigenvalue weighted by atomic mass is 10.00. The van der Waals surface area contributed by atoms with E-state index in [1.165, 1.54) is 4.90 Å². The number of carbonyl (C=O) groups excluding carboxylic acids is 2. The lowest BCUT2D eigenvalue weighted by Crippen LogP contribution is -2.36. The Morgan fingerprint density at radius 2 is 2.08 bits per heavy atom. The van der Waals surface area contributed by atoms with Crippen molar-refractivity contribution >= 4 is 40.5 Å². The lowest BCUT2D eigenvalue weighted by molar-refractivity contribution is 0.0915. The second-order valence-corrected chi connectivity index (χ2v) is 9.74. The number of rotatable bonds is 5. The third kappa shape index (κ3) is 5.06. The molecule has 37 heavy (non-hydrogen) atoms. The minimum absolute atomic E-state index is 0.166. The molecule has 0 bridgehead atoms. The van der Waals surface area contributed by atoms with E-state index < -0.39 is 12.2 Å². The molecule has 3 aromatic rings. The monoisotopic (exact) mass is 517 g/mol. The zero-order chi connectivity index (χ0) is 26.1. The maximum atomic E-state index is 12.7. The number of halogens is 1. The van der Waals surface area contributed by atoms with Crippen molar-refractivity contribution in [3.8, 4) is 17.5 Å². The minimum Gasteiger partial charge on any atom is -0.442 e. The molecule has 2 amide bonds. The first kappa shape index (κ1) is 24.5. The van der Waals surface area contributed by atoms with E-state index in [-0.39, 0.29) is 30.3 Å². The first-order valence-electron chi connectivity index (χ1n) is 11.9. The molecule has 2 aliphatic heterocycles. The fourth-order valence-electron chi connectivity index (χ4n) is 4.22. The van der Waals surface area contributed by atoms with E-state index in [0.29, 0.717) is 46.1 Å². The van der Waals surface area contributed by atoms with Crippen LogP contribution in [-0.2, 0) is 4.74 Å². The van der Waals surface area contributed by atoms with Gasteiger partial charge in [-0.05, 0) is 48.4 Å². The highest BCUT2D eigenvalue weighted by atomic mass is 35.5. The van der Waals surface area contributed by atoms with Gasteiger partial charge in [0.25, 0.3) is 5.91 Å². The van der Waals surface area contributed by atoms with Crippen LogP contribution in [-0.4, -0.2) is 58.8 Å². The van der Waals surface area contributed by atoms with Gasteiger partial charge < -0.3 is 14.5 Å². The Morgan fingerprint density at radius 3 is 2.76 bits per heavy atom. The van der Waals surface area contributed by atoms with Crippen LogP contribution in [0.15, 0.2) is 58.0 Å². The zero-order valence-corrected chi connectivity index (χ0v) is 21.0. The highest BCUT2D eigenvalue weighted by Gasteiger charge is 2.34. The summed E-state index contributed by atoms with van der Waals surface area (Å²) in [5.41, 5.74) is 3.89. The summed E-state index contributed by atoms with van der Waals surface area (Å²) >= 11 is 5.99. The quantitative estimate of drug-likeness (QED) is 0.493. The first-order chi connectivity index (χ1) is 17.8. The SMILES string of the molecule is CC(C)c1cc(C#N)cc2nc(-c3ccc(C(=O)NCC4CN(C5=NCC(Cl)C=C5)C(=O)O4)cc3)oc12. The number of oxazole rings is 1. The Kier molecular flexibility index (Phi) is 6.68. The van der Waals surface area contributed by atoms with Crippen LogP contribution in [0.1, 0.15) is 41.3 Å². The normalized spacial score (nSPS) is 19.2. The number of cyclic esters (lactones) is 1. The minimum atomic E-state index is -0.499. The molecule has 3 heterocycles. The van der Waals surface area contributed by atoms with Gasteiger partial charge in [0.2, 0.25) is 5.89 Å². The second kappa shape index (κ2) is 10.1. The van der Waals surface area contributed by atoms with Crippen molar-refractivity contribution in [2.75, 3.05) is 19.6 Å². The predicted octanol–water partition coefficient (Wildman–Crippen LogP) is 4.62. The van der Waals surface area contributed by atoms with Crippen LogP contribution < -0.4 is 5.32 Å². The lowest BCUT2D eigenvalue weighted by Gasteiger charge is -2.16. The number of hydrogen-bond donors (Lipinski definition) is 1. The third-order valence-electron chi connectivity index (χ3n) is 6.19. The van der Waals surface area contributed by atoms with E-state index in [1.807, 2.05) is 19.9 Å². The number of aromatic nitrogens is 1. The molecule has 0 radical (unpaired) electrons. The van der Waals surface area contributed by atoms with Crippen molar-refractivity contribution in [1.29, 1.82) is 5.26 Å². The fourth-order valence-corrected chi connectivity index (χ4v) is 4.37. The van der Waals surface area contributed by atoms with Gasteiger partial charge in [0.05, 0.1) is 36.6 Å². The molecule has 1 aromatic heterocycles. The van der Waals surface area contributed by atoms with Crippen LogP contribution >= 0.6 is 11.6 Å². The van der Waals surface area contributed by atoms with Crippen molar-refractivity contribution in [3.05, 3.63) is 65.2 Å². The molecular formula is C27H24ClN5O4. The Hall–Kier alpha value is -4.16. The summed E-state index contributed by atoms with van der Waals surface area (Å²) in [7, 11) is 0. The third-order valence-corrected chi connectivity index (χ3v) is 6.47. The van der Waals surface area contributed by atoms with E-state index in [0.717, 1.165) is 5.56 Å². The first-order valence-corrected chi connectivity index (χ1v) is 12.3. The summed E-state index contributed by atoms with van der Waals surface area (Å²) in [4.78, 5) is 35.2.